The molecule has 0 spiro atoms. The maximum Gasteiger partial charge on any atom is 0.290 e. The van der Waals surface area contributed by atoms with E-state index in [9.17, 15) is 4.79 Å². The number of aromatic nitrogens is 3. The fraction of sp³-hybridized carbons (Fsp3) is 0.176. The van der Waals surface area contributed by atoms with E-state index >= 15 is 0 Å². The van der Waals surface area contributed by atoms with Gasteiger partial charge in [0.25, 0.3) is 5.91 Å². The summed E-state index contributed by atoms with van der Waals surface area (Å²) < 4.78 is 1.86. The summed E-state index contributed by atoms with van der Waals surface area (Å²) in [7, 11) is 0. The molecule has 0 aliphatic heterocycles. The summed E-state index contributed by atoms with van der Waals surface area (Å²) >= 11 is 1.43. The van der Waals surface area contributed by atoms with E-state index in [1.807, 2.05) is 55.8 Å². The third-order valence-electron chi connectivity index (χ3n) is 3.56. The number of thiazole rings is 1. The Bertz CT molecular complexity index is 895. The molecule has 0 aliphatic rings. The standard InChI is InChI=1S/C17H17N5OS/c1-11-15(9-18-20-17(23)16-10-24-13(3)19-16)12(2)22(21-11)14-7-5-4-6-8-14/h4-10H,1-3H3,(H,20,23)/b18-9+. The molecule has 3 rings (SSSR count). The van der Waals surface area contributed by atoms with Crippen molar-refractivity contribution in [1.82, 2.24) is 20.2 Å². The Hall–Kier alpha value is -2.80. The number of nitrogens with zero attached hydrogens (tertiary/aromatic N) is 4. The van der Waals surface area contributed by atoms with Crippen molar-refractivity contribution in [3.63, 3.8) is 0 Å². The molecule has 0 fully saturated rings. The van der Waals surface area contributed by atoms with Crippen molar-refractivity contribution in [2.24, 2.45) is 5.10 Å². The first-order chi connectivity index (χ1) is 11.6. The number of hydrogen-bond acceptors (Lipinski definition) is 5. The lowest BCUT2D eigenvalue weighted by molar-refractivity contribution is 0.0950. The van der Waals surface area contributed by atoms with Crippen LogP contribution in [0.15, 0.2) is 40.8 Å². The Labute approximate surface area is 143 Å². The lowest BCUT2D eigenvalue weighted by Crippen LogP contribution is -2.18. The number of nitrogens with one attached hydrogen (secondary N) is 1. The summed E-state index contributed by atoms with van der Waals surface area (Å²) in [4.78, 5) is 16.1. The molecule has 0 bridgehead atoms. The lowest BCUT2D eigenvalue weighted by Gasteiger charge is -2.03. The largest absolute Gasteiger partial charge is 0.290 e. The molecule has 1 N–H and O–H groups in total. The van der Waals surface area contributed by atoms with Gasteiger partial charge in [0, 0.05) is 10.9 Å². The van der Waals surface area contributed by atoms with E-state index in [1.54, 1.807) is 11.6 Å². The van der Waals surface area contributed by atoms with Crippen LogP contribution in [0.5, 0.6) is 0 Å². The first kappa shape index (κ1) is 16.1. The second kappa shape index (κ2) is 6.76. The van der Waals surface area contributed by atoms with Crippen molar-refractivity contribution in [2.45, 2.75) is 20.8 Å². The normalized spacial score (nSPS) is 11.1. The van der Waals surface area contributed by atoms with Gasteiger partial charge in [-0.05, 0) is 32.9 Å². The van der Waals surface area contributed by atoms with Gasteiger partial charge in [0.2, 0.25) is 0 Å². The van der Waals surface area contributed by atoms with Crippen molar-refractivity contribution in [3.05, 3.63) is 63.4 Å². The molecule has 0 unspecified atom stereocenters. The van der Waals surface area contributed by atoms with Gasteiger partial charge in [-0.1, -0.05) is 18.2 Å². The first-order valence-corrected chi connectivity index (χ1v) is 8.31. The highest BCUT2D eigenvalue weighted by Gasteiger charge is 2.12. The minimum Gasteiger partial charge on any atom is -0.266 e. The molecule has 0 aliphatic carbocycles. The van der Waals surface area contributed by atoms with Crippen LogP contribution < -0.4 is 5.43 Å². The number of carbonyl (C=O) groups excluding carboxylic acids is 1. The van der Waals surface area contributed by atoms with Gasteiger partial charge >= 0.3 is 0 Å². The molecule has 1 amide bonds. The molecule has 0 radical (unpaired) electrons. The topological polar surface area (TPSA) is 72.2 Å². The molecule has 1 aromatic carbocycles. The molecule has 0 saturated carbocycles. The average molecular weight is 339 g/mol. The van der Waals surface area contributed by atoms with Crippen LogP contribution in [0.2, 0.25) is 0 Å². The number of amides is 1. The van der Waals surface area contributed by atoms with Crippen molar-refractivity contribution in [3.8, 4) is 5.69 Å². The molecule has 122 valence electrons. The third-order valence-corrected chi connectivity index (χ3v) is 4.33. The summed E-state index contributed by atoms with van der Waals surface area (Å²) in [6.07, 6.45) is 1.62. The zero-order valence-corrected chi connectivity index (χ0v) is 14.5. The number of aryl methyl sites for hydroxylation is 2. The van der Waals surface area contributed by atoms with E-state index in [0.29, 0.717) is 5.69 Å². The lowest BCUT2D eigenvalue weighted by atomic mass is 10.2. The van der Waals surface area contributed by atoms with Crippen LogP contribution in [-0.2, 0) is 0 Å². The van der Waals surface area contributed by atoms with Gasteiger partial charge in [-0.2, -0.15) is 10.2 Å². The highest BCUT2D eigenvalue weighted by Crippen LogP contribution is 2.16. The van der Waals surface area contributed by atoms with Crippen LogP contribution in [0.25, 0.3) is 5.69 Å². The third kappa shape index (κ3) is 3.26. The summed E-state index contributed by atoms with van der Waals surface area (Å²) in [6.45, 7) is 5.74. The Morgan fingerprint density at radius 1 is 1.25 bits per heavy atom. The number of hydrogen-bond donors (Lipinski definition) is 1. The minimum absolute atomic E-state index is 0.318. The molecule has 0 saturated heterocycles. The quantitative estimate of drug-likeness (QED) is 0.586. The summed E-state index contributed by atoms with van der Waals surface area (Å²) in [5, 5.41) is 11.1. The average Bonchev–Trinajstić information content (AvgIpc) is 3.13. The Balaban J connectivity index is 1.78. The number of carbonyl (C=O) groups is 1. The predicted octanol–water partition coefficient (Wildman–Crippen LogP) is 3.02. The van der Waals surface area contributed by atoms with E-state index in [4.69, 9.17) is 0 Å². The zero-order valence-electron chi connectivity index (χ0n) is 13.6. The smallest absolute Gasteiger partial charge is 0.266 e. The number of hydrazone groups is 1. The molecule has 2 aromatic heterocycles. The first-order valence-electron chi connectivity index (χ1n) is 7.43. The van der Waals surface area contributed by atoms with E-state index in [1.165, 1.54) is 11.3 Å². The second-order valence-corrected chi connectivity index (χ2v) is 6.34. The van der Waals surface area contributed by atoms with Gasteiger partial charge in [0.05, 0.1) is 28.3 Å². The van der Waals surface area contributed by atoms with Crippen molar-refractivity contribution >= 4 is 23.5 Å². The number of benzene rings is 1. The second-order valence-electron chi connectivity index (χ2n) is 5.28. The maximum absolute atomic E-state index is 11.9. The van der Waals surface area contributed by atoms with Crippen LogP contribution in [-0.4, -0.2) is 26.9 Å². The van der Waals surface area contributed by atoms with E-state index in [2.05, 4.69) is 20.6 Å². The molecule has 24 heavy (non-hydrogen) atoms. The van der Waals surface area contributed by atoms with Gasteiger partial charge in [-0.15, -0.1) is 11.3 Å². The van der Waals surface area contributed by atoms with Gasteiger partial charge in [0.1, 0.15) is 5.69 Å². The summed E-state index contributed by atoms with van der Waals surface area (Å²) in [6, 6.07) is 9.89. The zero-order chi connectivity index (χ0) is 17.1. The summed E-state index contributed by atoms with van der Waals surface area (Å²) in [5.41, 5.74) is 6.55. The highest BCUT2D eigenvalue weighted by molar-refractivity contribution is 7.09. The minimum atomic E-state index is -0.318. The van der Waals surface area contributed by atoms with Crippen LogP contribution in [0, 0.1) is 20.8 Å². The van der Waals surface area contributed by atoms with Gasteiger partial charge in [0.15, 0.2) is 0 Å². The Morgan fingerprint density at radius 3 is 2.67 bits per heavy atom. The van der Waals surface area contributed by atoms with Gasteiger partial charge in [-0.25, -0.2) is 15.1 Å². The van der Waals surface area contributed by atoms with Gasteiger partial charge < -0.3 is 0 Å². The summed E-state index contributed by atoms with van der Waals surface area (Å²) in [5.74, 6) is -0.318. The fourth-order valence-electron chi connectivity index (χ4n) is 2.34. The molecule has 3 aromatic rings. The van der Waals surface area contributed by atoms with Crippen molar-refractivity contribution in [1.29, 1.82) is 0 Å². The van der Waals surface area contributed by atoms with Crippen LogP contribution in [0.4, 0.5) is 0 Å². The molecular weight excluding hydrogens is 322 g/mol. The molecule has 7 heteroatoms. The molecule has 2 heterocycles. The van der Waals surface area contributed by atoms with Gasteiger partial charge in [-0.3, -0.25) is 4.79 Å². The monoisotopic (exact) mass is 339 g/mol. The number of rotatable bonds is 4. The van der Waals surface area contributed by atoms with Crippen LogP contribution >= 0.6 is 11.3 Å². The maximum atomic E-state index is 11.9. The Kier molecular flexibility index (Phi) is 4.52. The van der Waals surface area contributed by atoms with Crippen molar-refractivity contribution in [2.75, 3.05) is 0 Å². The SMILES string of the molecule is Cc1nc(C(=O)N/N=C/c2c(C)nn(-c3ccccc3)c2C)cs1. The van der Waals surface area contributed by atoms with E-state index < -0.39 is 0 Å². The van der Waals surface area contributed by atoms with E-state index in [-0.39, 0.29) is 5.91 Å². The van der Waals surface area contributed by atoms with E-state index in [0.717, 1.165) is 27.6 Å². The highest BCUT2D eigenvalue weighted by atomic mass is 32.1. The predicted molar refractivity (Wildman–Crippen MR) is 94.9 cm³/mol. The molecule has 6 nitrogen and oxygen atoms in total. The molecular formula is C17H17N5OS. The van der Waals surface area contributed by atoms with Crippen LogP contribution in [0.1, 0.15) is 32.4 Å². The van der Waals surface area contributed by atoms with Crippen molar-refractivity contribution < 1.29 is 4.79 Å². The fourth-order valence-corrected chi connectivity index (χ4v) is 2.94. The van der Waals surface area contributed by atoms with Crippen LogP contribution in [0.3, 0.4) is 0 Å². The Morgan fingerprint density at radius 2 is 2.00 bits per heavy atom. The number of para-hydroxylation sites is 1. The molecule has 0 atom stereocenters.